The fourth-order valence-corrected chi connectivity index (χ4v) is 1.60. The Morgan fingerprint density at radius 2 is 2.16 bits per heavy atom. The van der Waals surface area contributed by atoms with Crippen LogP contribution in [0.2, 0.25) is 0 Å². The van der Waals surface area contributed by atoms with Crippen LogP contribution < -0.4 is 17.0 Å². The molecule has 0 amide bonds. The lowest BCUT2D eigenvalue weighted by molar-refractivity contribution is -0.174. The summed E-state index contributed by atoms with van der Waals surface area (Å²) in [7, 11) is 0. The number of ether oxygens (including phenoxy) is 1. The fraction of sp³-hybridized carbons (Fsp3) is 0.545. The minimum atomic E-state index is -4.32. The highest BCUT2D eigenvalue weighted by Gasteiger charge is 2.27. The standard InChI is InChI=1S/C11H17F3N4O/c1-7-4-8(10(15)17-5-7)9(18-16)2-3-19-6-11(12,13)14/h4-5,9,18H,2-3,6,16H2,1H3,(H2,15,17). The summed E-state index contributed by atoms with van der Waals surface area (Å²) >= 11 is 0. The minimum Gasteiger partial charge on any atom is -0.383 e. The van der Waals surface area contributed by atoms with Crippen LogP contribution in [0.5, 0.6) is 0 Å². The van der Waals surface area contributed by atoms with E-state index >= 15 is 0 Å². The monoisotopic (exact) mass is 278 g/mol. The lowest BCUT2D eigenvalue weighted by Crippen LogP contribution is -2.30. The minimum absolute atomic E-state index is 0.0816. The summed E-state index contributed by atoms with van der Waals surface area (Å²) < 4.78 is 40.3. The van der Waals surface area contributed by atoms with E-state index in [9.17, 15) is 13.2 Å². The zero-order chi connectivity index (χ0) is 14.5. The van der Waals surface area contributed by atoms with Crippen molar-refractivity contribution in [3.8, 4) is 0 Å². The molecule has 1 atom stereocenters. The lowest BCUT2D eigenvalue weighted by atomic mass is 10.0. The maximum atomic E-state index is 11.9. The van der Waals surface area contributed by atoms with Crippen molar-refractivity contribution >= 4 is 5.82 Å². The van der Waals surface area contributed by atoms with Gasteiger partial charge in [0.2, 0.25) is 0 Å². The van der Waals surface area contributed by atoms with Gasteiger partial charge in [0.15, 0.2) is 0 Å². The van der Waals surface area contributed by atoms with Crippen LogP contribution in [-0.2, 0) is 4.74 Å². The van der Waals surface area contributed by atoms with Gasteiger partial charge in [0.25, 0.3) is 0 Å². The second-order valence-corrected chi connectivity index (χ2v) is 4.16. The van der Waals surface area contributed by atoms with Gasteiger partial charge in [0.05, 0.1) is 6.04 Å². The molecule has 1 aromatic rings. The summed E-state index contributed by atoms with van der Waals surface area (Å²) in [6.45, 7) is 0.483. The third kappa shape index (κ3) is 5.41. The van der Waals surface area contributed by atoms with Gasteiger partial charge in [-0.1, -0.05) is 0 Å². The molecule has 0 aromatic carbocycles. The predicted molar refractivity (Wildman–Crippen MR) is 64.9 cm³/mol. The SMILES string of the molecule is Cc1cnc(N)c(C(CCOCC(F)(F)F)NN)c1. The number of pyridine rings is 1. The van der Waals surface area contributed by atoms with Gasteiger partial charge in [-0.05, 0) is 25.0 Å². The third-order valence-corrected chi connectivity index (χ3v) is 2.48. The van der Waals surface area contributed by atoms with Gasteiger partial charge in [-0.2, -0.15) is 13.2 Å². The molecule has 0 bridgehead atoms. The van der Waals surface area contributed by atoms with E-state index in [-0.39, 0.29) is 13.0 Å². The number of rotatable bonds is 6. The highest BCUT2D eigenvalue weighted by molar-refractivity contribution is 5.42. The van der Waals surface area contributed by atoms with Gasteiger partial charge in [0.1, 0.15) is 12.4 Å². The van der Waals surface area contributed by atoms with E-state index in [1.165, 1.54) is 0 Å². The van der Waals surface area contributed by atoms with Gasteiger partial charge in [-0.3, -0.25) is 11.3 Å². The number of nitrogens with one attached hydrogen (secondary N) is 1. The van der Waals surface area contributed by atoms with Crippen LogP contribution in [-0.4, -0.2) is 24.4 Å². The Labute approximate surface area is 109 Å². The number of hydrazine groups is 1. The molecule has 8 heteroatoms. The molecular weight excluding hydrogens is 261 g/mol. The van der Waals surface area contributed by atoms with E-state index in [1.54, 1.807) is 12.3 Å². The van der Waals surface area contributed by atoms with Crippen LogP contribution in [0.4, 0.5) is 19.0 Å². The van der Waals surface area contributed by atoms with E-state index in [4.69, 9.17) is 11.6 Å². The Morgan fingerprint density at radius 1 is 1.47 bits per heavy atom. The molecule has 1 aromatic heterocycles. The maximum absolute atomic E-state index is 11.9. The van der Waals surface area contributed by atoms with Gasteiger partial charge < -0.3 is 10.5 Å². The average Bonchev–Trinajstić information content (AvgIpc) is 2.32. The Hall–Kier alpha value is -1.38. The van der Waals surface area contributed by atoms with Gasteiger partial charge in [0, 0.05) is 18.4 Å². The summed E-state index contributed by atoms with van der Waals surface area (Å²) in [5.41, 5.74) is 9.76. The van der Waals surface area contributed by atoms with Crippen LogP contribution in [0.1, 0.15) is 23.6 Å². The third-order valence-electron chi connectivity index (χ3n) is 2.48. The van der Waals surface area contributed by atoms with Crippen LogP contribution in [0.15, 0.2) is 12.3 Å². The number of anilines is 1. The Kier molecular flexibility index (Phi) is 5.52. The molecule has 5 nitrogen and oxygen atoms in total. The summed E-state index contributed by atoms with van der Waals surface area (Å²) in [4.78, 5) is 3.98. The maximum Gasteiger partial charge on any atom is 0.411 e. The normalized spacial score (nSPS) is 13.5. The molecule has 19 heavy (non-hydrogen) atoms. The van der Waals surface area contributed by atoms with E-state index in [0.29, 0.717) is 11.4 Å². The summed E-state index contributed by atoms with van der Waals surface area (Å²) in [5.74, 6) is 5.68. The number of nitrogen functional groups attached to an aromatic ring is 1. The zero-order valence-electron chi connectivity index (χ0n) is 10.5. The van der Waals surface area contributed by atoms with Crippen molar-refractivity contribution in [1.82, 2.24) is 10.4 Å². The topological polar surface area (TPSA) is 86.2 Å². The van der Waals surface area contributed by atoms with Crippen molar-refractivity contribution < 1.29 is 17.9 Å². The quantitative estimate of drug-likeness (QED) is 0.416. The van der Waals surface area contributed by atoms with Crippen molar-refractivity contribution in [2.75, 3.05) is 18.9 Å². The molecule has 108 valence electrons. The number of aryl methyl sites for hydroxylation is 1. The Morgan fingerprint density at radius 3 is 2.74 bits per heavy atom. The Balaban J connectivity index is 2.56. The van der Waals surface area contributed by atoms with E-state index < -0.39 is 18.8 Å². The van der Waals surface area contributed by atoms with E-state index in [2.05, 4.69) is 15.1 Å². The molecule has 0 aliphatic carbocycles. The number of halogens is 3. The van der Waals surface area contributed by atoms with Crippen LogP contribution in [0.25, 0.3) is 0 Å². The number of nitrogens with two attached hydrogens (primary N) is 2. The van der Waals surface area contributed by atoms with Crippen molar-refractivity contribution in [2.24, 2.45) is 5.84 Å². The summed E-state index contributed by atoms with van der Waals surface area (Å²) in [5, 5.41) is 0. The molecule has 5 N–H and O–H groups in total. The highest BCUT2D eigenvalue weighted by Crippen LogP contribution is 2.22. The largest absolute Gasteiger partial charge is 0.411 e. The molecule has 0 spiro atoms. The first-order valence-corrected chi connectivity index (χ1v) is 5.66. The molecule has 0 aliphatic heterocycles. The zero-order valence-corrected chi connectivity index (χ0v) is 10.5. The van der Waals surface area contributed by atoms with Crippen molar-refractivity contribution in [2.45, 2.75) is 25.6 Å². The first-order chi connectivity index (χ1) is 8.83. The van der Waals surface area contributed by atoms with Crippen molar-refractivity contribution in [3.05, 3.63) is 23.4 Å². The fourth-order valence-electron chi connectivity index (χ4n) is 1.60. The van der Waals surface area contributed by atoms with E-state index in [1.807, 2.05) is 6.92 Å². The smallest absolute Gasteiger partial charge is 0.383 e. The lowest BCUT2D eigenvalue weighted by Gasteiger charge is -2.18. The molecule has 0 radical (unpaired) electrons. The van der Waals surface area contributed by atoms with Crippen LogP contribution in [0, 0.1) is 6.92 Å². The molecular formula is C11H17F3N4O. The molecule has 0 saturated heterocycles. The second-order valence-electron chi connectivity index (χ2n) is 4.16. The van der Waals surface area contributed by atoms with Crippen molar-refractivity contribution in [1.29, 1.82) is 0 Å². The average molecular weight is 278 g/mol. The van der Waals surface area contributed by atoms with Gasteiger partial charge in [-0.25, -0.2) is 4.98 Å². The summed E-state index contributed by atoms with van der Waals surface area (Å²) in [6.07, 6.45) is -2.45. The molecule has 0 saturated carbocycles. The number of aromatic nitrogens is 1. The van der Waals surface area contributed by atoms with Crippen molar-refractivity contribution in [3.63, 3.8) is 0 Å². The van der Waals surface area contributed by atoms with Gasteiger partial charge >= 0.3 is 6.18 Å². The van der Waals surface area contributed by atoms with Crippen LogP contribution >= 0.6 is 0 Å². The molecule has 0 fully saturated rings. The number of nitrogens with zero attached hydrogens (tertiary/aromatic N) is 1. The summed E-state index contributed by atoms with van der Waals surface area (Å²) in [6, 6.07) is 1.39. The first-order valence-electron chi connectivity index (χ1n) is 5.66. The number of alkyl halides is 3. The number of hydrogen-bond acceptors (Lipinski definition) is 5. The molecule has 1 unspecified atom stereocenters. The Bertz CT molecular complexity index is 411. The first kappa shape index (κ1) is 15.7. The number of hydrogen-bond donors (Lipinski definition) is 3. The van der Waals surface area contributed by atoms with Gasteiger partial charge in [-0.15, -0.1) is 0 Å². The van der Waals surface area contributed by atoms with Crippen LogP contribution in [0.3, 0.4) is 0 Å². The predicted octanol–water partition coefficient (Wildman–Crippen LogP) is 1.45. The molecule has 0 aliphatic rings. The molecule has 1 heterocycles. The molecule has 1 rings (SSSR count). The highest BCUT2D eigenvalue weighted by atomic mass is 19.4. The van der Waals surface area contributed by atoms with E-state index in [0.717, 1.165) is 5.56 Å². The second kappa shape index (κ2) is 6.69.